The van der Waals surface area contributed by atoms with Crippen molar-refractivity contribution in [1.29, 1.82) is 0 Å². The minimum absolute atomic E-state index is 0.184. The molecule has 1 rings (SSSR count). The normalized spacial score (nSPS) is 26.6. The van der Waals surface area contributed by atoms with Crippen LogP contribution in [0.25, 0.3) is 0 Å². The molecule has 0 aromatic carbocycles. The SMILES string of the molecule is CCCC(=O)N1CCC(O)[C@H]1C(=O)O. The van der Waals surface area contributed by atoms with E-state index in [-0.39, 0.29) is 5.91 Å². The number of amides is 1. The number of aliphatic carboxylic acids is 1. The Bertz CT molecular complexity index is 241. The van der Waals surface area contributed by atoms with E-state index >= 15 is 0 Å². The number of carboxylic acid groups (broad SMARTS) is 1. The maximum Gasteiger partial charge on any atom is 0.329 e. The molecule has 2 N–H and O–H groups in total. The third kappa shape index (κ3) is 2.04. The summed E-state index contributed by atoms with van der Waals surface area (Å²) in [7, 11) is 0. The summed E-state index contributed by atoms with van der Waals surface area (Å²) in [6, 6.07) is -1.05. The minimum Gasteiger partial charge on any atom is -0.480 e. The Kier molecular flexibility index (Phi) is 3.46. The summed E-state index contributed by atoms with van der Waals surface area (Å²) >= 11 is 0. The van der Waals surface area contributed by atoms with E-state index in [1.54, 1.807) is 0 Å². The van der Waals surface area contributed by atoms with Crippen LogP contribution in [0.3, 0.4) is 0 Å². The van der Waals surface area contributed by atoms with Gasteiger partial charge in [0.1, 0.15) is 0 Å². The quantitative estimate of drug-likeness (QED) is 0.664. The molecular weight excluding hydrogens is 186 g/mol. The van der Waals surface area contributed by atoms with Crippen LogP contribution < -0.4 is 0 Å². The summed E-state index contributed by atoms with van der Waals surface area (Å²) in [5, 5.41) is 18.2. The van der Waals surface area contributed by atoms with E-state index in [2.05, 4.69) is 0 Å². The molecule has 1 fully saturated rings. The molecule has 14 heavy (non-hydrogen) atoms. The van der Waals surface area contributed by atoms with Gasteiger partial charge in [0.15, 0.2) is 6.04 Å². The van der Waals surface area contributed by atoms with Gasteiger partial charge in [-0.25, -0.2) is 4.79 Å². The predicted molar refractivity (Wildman–Crippen MR) is 48.7 cm³/mol. The predicted octanol–water partition coefficient (Wildman–Crippen LogP) is -0.167. The first kappa shape index (κ1) is 11.0. The molecule has 5 nitrogen and oxygen atoms in total. The summed E-state index contributed by atoms with van der Waals surface area (Å²) in [4.78, 5) is 23.5. The van der Waals surface area contributed by atoms with Crippen LogP contribution >= 0.6 is 0 Å². The third-order valence-electron chi connectivity index (χ3n) is 2.40. The van der Waals surface area contributed by atoms with Gasteiger partial charge in [-0.05, 0) is 12.8 Å². The van der Waals surface area contributed by atoms with Crippen molar-refractivity contribution < 1.29 is 19.8 Å². The van der Waals surface area contributed by atoms with Crippen LogP contribution in [0.1, 0.15) is 26.2 Å². The summed E-state index contributed by atoms with van der Waals surface area (Å²) in [5.41, 5.74) is 0. The van der Waals surface area contributed by atoms with Crippen molar-refractivity contribution in [3.63, 3.8) is 0 Å². The maximum absolute atomic E-state index is 11.5. The minimum atomic E-state index is -1.13. The van der Waals surface area contributed by atoms with E-state index in [9.17, 15) is 14.7 Å². The van der Waals surface area contributed by atoms with Gasteiger partial charge in [0.2, 0.25) is 5.91 Å². The van der Waals surface area contributed by atoms with Gasteiger partial charge in [-0.2, -0.15) is 0 Å². The molecular formula is C9H15NO4. The fourth-order valence-electron chi connectivity index (χ4n) is 1.71. The van der Waals surface area contributed by atoms with Gasteiger partial charge in [-0.1, -0.05) is 6.92 Å². The van der Waals surface area contributed by atoms with Crippen LogP contribution in [0.4, 0.5) is 0 Å². The highest BCUT2D eigenvalue weighted by molar-refractivity contribution is 5.84. The number of carboxylic acids is 1. The molecule has 1 heterocycles. The van der Waals surface area contributed by atoms with E-state index in [1.807, 2.05) is 6.92 Å². The number of aliphatic hydroxyl groups is 1. The first-order valence-electron chi connectivity index (χ1n) is 4.78. The lowest BCUT2D eigenvalue weighted by Gasteiger charge is -2.22. The van der Waals surface area contributed by atoms with Gasteiger partial charge in [0.25, 0.3) is 0 Å². The highest BCUT2D eigenvalue weighted by Gasteiger charge is 2.40. The first-order chi connectivity index (χ1) is 6.57. The number of nitrogens with zero attached hydrogens (tertiary/aromatic N) is 1. The second-order valence-electron chi connectivity index (χ2n) is 3.48. The van der Waals surface area contributed by atoms with Gasteiger partial charge in [0.05, 0.1) is 6.10 Å². The average Bonchev–Trinajstić information content (AvgIpc) is 2.47. The molecule has 1 saturated heterocycles. The number of aliphatic hydroxyl groups excluding tert-OH is 1. The Balaban J connectivity index is 2.69. The maximum atomic E-state index is 11.5. The number of hydrogen-bond acceptors (Lipinski definition) is 3. The zero-order valence-electron chi connectivity index (χ0n) is 8.14. The second kappa shape index (κ2) is 4.41. The van der Waals surface area contributed by atoms with Gasteiger partial charge in [-0.15, -0.1) is 0 Å². The summed E-state index contributed by atoms with van der Waals surface area (Å²) in [6.07, 6.45) is 0.467. The van der Waals surface area contributed by atoms with E-state index < -0.39 is 18.1 Å². The van der Waals surface area contributed by atoms with Gasteiger partial charge >= 0.3 is 5.97 Å². The van der Waals surface area contributed by atoms with Crippen molar-refractivity contribution >= 4 is 11.9 Å². The standard InChI is InChI=1S/C9H15NO4/c1-2-3-7(12)10-5-4-6(11)8(10)9(13)14/h6,8,11H,2-5H2,1H3,(H,13,14)/t6?,8-/m0/s1. The summed E-state index contributed by atoms with van der Waals surface area (Å²) in [5.74, 6) is -1.31. The smallest absolute Gasteiger partial charge is 0.329 e. The number of hydrogen-bond donors (Lipinski definition) is 2. The van der Waals surface area contributed by atoms with Crippen molar-refractivity contribution in [2.45, 2.75) is 38.3 Å². The fraction of sp³-hybridized carbons (Fsp3) is 0.778. The van der Waals surface area contributed by atoms with Crippen molar-refractivity contribution in [1.82, 2.24) is 4.90 Å². The molecule has 0 saturated carbocycles. The second-order valence-corrected chi connectivity index (χ2v) is 3.48. The van der Waals surface area contributed by atoms with Gasteiger partial charge in [0, 0.05) is 13.0 Å². The lowest BCUT2D eigenvalue weighted by molar-refractivity contribution is -0.151. The molecule has 1 aliphatic heterocycles. The monoisotopic (exact) mass is 201 g/mol. The Hall–Kier alpha value is -1.10. The Morgan fingerprint density at radius 3 is 2.64 bits per heavy atom. The van der Waals surface area contributed by atoms with Gasteiger partial charge in [-0.3, -0.25) is 4.79 Å². The van der Waals surface area contributed by atoms with Crippen molar-refractivity contribution in [2.75, 3.05) is 6.54 Å². The molecule has 0 bridgehead atoms. The van der Waals surface area contributed by atoms with Gasteiger partial charge < -0.3 is 15.1 Å². The topological polar surface area (TPSA) is 77.8 Å². The van der Waals surface area contributed by atoms with E-state index in [1.165, 1.54) is 4.90 Å². The lowest BCUT2D eigenvalue weighted by atomic mass is 10.1. The lowest BCUT2D eigenvalue weighted by Crippen LogP contribution is -2.44. The molecule has 0 aromatic rings. The molecule has 1 aliphatic rings. The van der Waals surface area contributed by atoms with Crippen molar-refractivity contribution in [3.8, 4) is 0 Å². The molecule has 5 heteroatoms. The molecule has 1 amide bonds. The molecule has 0 aromatic heterocycles. The number of rotatable bonds is 3. The molecule has 0 aliphatic carbocycles. The Morgan fingerprint density at radius 1 is 1.50 bits per heavy atom. The Morgan fingerprint density at radius 2 is 2.14 bits per heavy atom. The van der Waals surface area contributed by atoms with Crippen LogP contribution in [0, 0.1) is 0 Å². The zero-order valence-corrected chi connectivity index (χ0v) is 8.14. The van der Waals surface area contributed by atoms with E-state index in [0.29, 0.717) is 25.8 Å². The summed E-state index contributed by atoms with van der Waals surface area (Å²) in [6.45, 7) is 2.21. The highest BCUT2D eigenvalue weighted by Crippen LogP contribution is 2.19. The van der Waals surface area contributed by atoms with Crippen LogP contribution in [-0.2, 0) is 9.59 Å². The number of likely N-dealkylation sites (tertiary alicyclic amines) is 1. The van der Waals surface area contributed by atoms with Crippen LogP contribution in [-0.4, -0.2) is 45.7 Å². The fourth-order valence-corrected chi connectivity index (χ4v) is 1.71. The first-order valence-corrected chi connectivity index (χ1v) is 4.78. The molecule has 0 radical (unpaired) electrons. The van der Waals surface area contributed by atoms with Crippen LogP contribution in [0.2, 0.25) is 0 Å². The summed E-state index contributed by atoms with van der Waals surface area (Å²) < 4.78 is 0. The van der Waals surface area contributed by atoms with E-state index in [0.717, 1.165) is 0 Å². The van der Waals surface area contributed by atoms with E-state index in [4.69, 9.17) is 5.11 Å². The largest absolute Gasteiger partial charge is 0.480 e. The highest BCUT2D eigenvalue weighted by atomic mass is 16.4. The van der Waals surface area contributed by atoms with Crippen LogP contribution in [0.5, 0.6) is 0 Å². The average molecular weight is 201 g/mol. The zero-order chi connectivity index (χ0) is 10.7. The molecule has 80 valence electrons. The molecule has 0 spiro atoms. The van der Waals surface area contributed by atoms with Crippen molar-refractivity contribution in [2.24, 2.45) is 0 Å². The number of carbonyl (C=O) groups excluding carboxylic acids is 1. The molecule has 1 unspecified atom stereocenters. The third-order valence-corrected chi connectivity index (χ3v) is 2.40. The molecule has 2 atom stereocenters. The Labute approximate surface area is 82.3 Å². The van der Waals surface area contributed by atoms with Crippen molar-refractivity contribution in [3.05, 3.63) is 0 Å². The van der Waals surface area contributed by atoms with Crippen LogP contribution in [0.15, 0.2) is 0 Å². The number of carbonyl (C=O) groups is 2.